The van der Waals surface area contributed by atoms with Gasteiger partial charge in [0, 0.05) is 17.5 Å². The molecule has 0 amide bonds. The molecule has 0 radical (unpaired) electrons. The minimum absolute atomic E-state index is 0.0441. The second-order valence-electron chi connectivity index (χ2n) is 4.75. The fourth-order valence-electron chi connectivity index (χ4n) is 1.82. The summed E-state index contributed by atoms with van der Waals surface area (Å²) in [6.45, 7) is 0. The molecular formula is C19H12FN3O. The number of halogens is 1. The lowest BCUT2D eigenvalue weighted by molar-refractivity contribution is 0.104. The van der Waals surface area contributed by atoms with E-state index in [2.05, 4.69) is 5.32 Å². The first-order chi connectivity index (χ1) is 11.6. The molecule has 5 heteroatoms. The second kappa shape index (κ2) is 8.07. The molecule has 0 aliphatic rings. The highest BCUT2D eigenvalue weighted by atomic mass is 19.1. The van der Waals surface area contributed by atoms with E-state index >= 15 is 0 Å². The topological polar surface area (TPSA) is 76.7 Å². The van der Waals surface area contributed by atoms with Gasteiger partial charge in [-0.3, -0.25) is 4.79 Å². The number of nitriles is 2. The summed E-state index contributed by atoms with van der Waals surface area (Å²) in [7, 11) is 0. The van der Waals surface area contributed by atoms with E-state index in [1.807, 2.05) is 0 Å². The van der Waals surface area contributed by atoms with Crippen LogP contribution in [-0.4, -0.2) is 5.78 Å². The minimum Gasteiger partial charge on any atom is -0.360 e. The Kier molecular flexibility index (Phi) is 5.60. The summed E-state index contributed by atoms with van der Waals surface area (Å²) in [6, 6.07) is 15.9. The lowest BCUT2D eigenvalue weighted by atomic mass is 10.1. The molecule has 0 saturated carbocycles. The van der Waals surface area contributed by atoms with Gasteiger partial charge in [0.25, 0.3) is 0 Å². The van der Waals surface area contributed by atoms with Crippen LogP contribution >= 0.6 is 0 Å². The van der Waals surface area contributed by atoms with Gasteiger partial charge in [0.1, 0.15) is 23.5 Å². The first-order valence-electron chi connectivity index (χ1n) is 6.97. The van der Waals surface area contributed by atoms with E-state index in [1.165, 1.54) is 24.4 Å². The number of anilines is 1. The van der Waals surface area contributed by atoms with Crippen molar-refractivity contribution in [1.82, 2.24) is 0 Å². The maximum Gasteiger partial charge on any atom is 0.185 e. The standard InChI is InChI=1S/C19H12FN3O/c20-17-6-1-14(2-7-17)3-10-19(24)16-4-8-18(9-5-16)23-13-15(11-21)12-22/h1-10,13,23H. The lowest BCUT2D eigenvalue weighted by Crippen LogP contribution is -1.95. The van der Waals surface area contributed by atoms with E-state index in [0.717, 1.165) is 5.56 Å². The van der Waals surface area contributed by atoms with Crippen LogP contribution < -0.4 is 5.32 Å². The molecule has 2 rings (SSSR count). The average Bonchev–Trinajstić information content (AvgIpc) is 2.62. The van der Waals surface area contributed by atoms with Gasteiger partial charge in [0.2, 0.25) is 0 Å². The number of carbonyl (C=O) groups excluding carboxylic acids is 1. The molecule has 0 saturated heterocycles. The summed E-state index contributed by atoms with van der Waals surface area (Å²) in [5, 5.41) is 20.1. The lowest BCUT2D eigenvalue weighted by Gasteiger charge is -2.01. The molecule has 0 atom stereocenters. The van der Waals surface area contributed by atoms with Crippen molar-refractivity contribution in [2.24, 2.45) is 0 Å². The fourth-order valence-corrected chi connectivity index (χ4v) is 1.82. The Balaban J connectivity index is 2.03. The Morgan fingerprint density at radius 1 is 1.00 bits per heavy atom. The zero-order chi connectivity index (χ0) is 17.4. The first kappa shape index (κ1) is 16.7. The third-order valence-corrected chi connectivity index (χ3v) is 3.09. The van der Waals surface area contributed by atoms with Crippen LogP contribution in [0.3, 0.4) is 0 Å². The summed E-state index contributed by atoms with van der Waals surface area (Å²) < 4.78 is 12.8. The number of carbonyl (C=O) groups is 1. The van der Waals surface area contributed by atoms with Crippen LogP contribution in [0, 0.1) is 28.5 Å². The minimum atomic E-state index is -0.327. The van der Waals surface area contributed by atoms with E-state index in [0.29, 0.717) is 11.3 Å². The molecule has 116 valence electrons. The second-order valence-corrected chi connectivity index (χ2v) is 4.75. The predicted octanol–water partition coefficient (Wildman–Crippen LogP) is 4.06. The number of hydrogen-bond acceptors (Lipinski definition) is 4. The molecule has 1 N–H and O–H groups in total. The van der Waals surface area contributed by atoms with Crippen molar-refractivity contribution >= 4 is 17.5 Å². The van der Waals surface area contributed by atoms with Gasteiger partial charge in [-0.15, -0.1) is 0 Å². The van der Waals surface area contributed by atoms with E-state index in [-0.39, 0.29) is 17.2 Å². The zero-order valence-electron chi connectivity index (χ0n) is 12.5. The average molecular weight is 317 g/mol. The number of allylic oxidation sites excluding steroid dienone is 2. The summed E-state index contributed by atoms with van der Waals surface area (Å²) in [4.78, 5) is 12.1. The normalized spacial score (nSPS) is 9.79. The molecule has 24 heavy (non-hydrogen) atoms. The van der Waals surface area contributed by atoms with Crippen molar-refractivity contribution < 1.29 is 9.18 Å². The van der Waals surface area contributed by atoms with Crippen LogP contribution in [-0.2, 0) is 0 Å². The quantitative estimate of drug-likeness (QED) is 0.512. The highest BCUT2D eigenvalue weighted by Gasteiger charge is 2.02. The van der Waals surface area contributed by atoms with Gasteiger partial charge in [0.15, 0.2) is 5.78 Å². The van der Waals surface area contributed by atoms with E-state index in [4.69, 9.17) is 10.5 Å². The predicted molar refractivity (Wildman–Crippen MR) is 89.1 cm³/mol. The van der Waals surface area contributed by atoms with Crippen molar-refractivity contribution in [3.63, 3.8) is 0 Å². The molecule has 0 spiro atoms. The highest BCUT2D eigenvalue weighted by molar-refractivity contribution is 6.06. The van der Waals surface area contributed by atoms with Crippen molar-refractivity contribution in [2.45, 2.75) is 0 Å². The number of nitrogens with zero attached hydrogens (tertiary/aromatic N) is 2. The van der Waals surface area contributed by atoms with E-state index in [9.17, 15) is 9.18 Å². The Morgan fingerprint density at radius 2 is 1.62 bits per heavy atom. The molecule has 2 aromatic rings. The van der Waals surface area contributed by atoms with Gasteiger partial charge >= 0.3 is 0 Å². The molecule has 0 aliphatic carbocycles. The number of benzene rings is 2. The number of ketones is 1. The Hall–Kier alpha value is -3.70. The van der Waals surface area contributed by atoms with Gasteiger partial charge in [-0.2, -0.15) is 10.5 Å². The van der Waals surface area contributed by atoms with Crippen LogP contribution in [0.4, 0.5) is 10.1 Å². The molecule has 2 aromatic carbocycles. The summed E-state index contributed by atoms with van der Waals surface area (Å²) in [5.41, 5.74) is 1.83. The van der Waals surface area contributed by atoms with Crippen molar-refractivity contribution in [2.75, 3.05) is 5.32 Å². The van der Waals surface area contributed by atoms with Gasteiger partial charge in [0.05, 0.1) is 0 Å². The number of hydrogen-bond donors (Lipinski definition) is 1. The van der Waals surface area contributed by atoms with Crippen LogP contribution in [0.15, 0.2) is 66.4 Å². The molecule has 0 unspecified atom stereocenters. The molecule has 0 fully saturated rings. The maximum absolute atomic E-state index is 12.8. The van der Waals surface area contributed by atoms with Gasteiger partial charge in [-0.05, 0) is 48.0 Å². The fraction of sp³-hybridized carbons (Fsp3) is 0. The van der Waals surface area contributed by atoms with E-state index < -0.39 is 0 Å². The molecule has 0 heterocycles. The van der Waals surface area contributed by atoms with Gasteiger partial charge < -0.3 is 5.32 Å². The zero-order valence-corrected chi connectivity index (χ0v) is 12.5. The summed E-state index contributed by atoms with van der Waals surface area (Å²) >= 11 is 0. The summed E-state index contributed by atoms with van der Waals surface area (Å²) in [6.07, 6.45) is 4.33. The van der Waals surface area contributed by atoms with Crippen LogP contribution in [0.25, 0.3) is 6.08 Å². The van der Waals surface area contributed by atoms with Crippen LogP contribution in [0.5, 0.6) is 0 Å². The Morgan fingerprint density at radius 3 is 2.21 bits per heavy atom. The van der Waals surface area contributed by atoms with E-state index in [1.54, 1.807) is 54.6 Å². The van der Waals surface area contributed by atoms with Gasteiger partial charge in [-0.1, -0.05) is 18.2 Å². The van der Waals surface area contributed by atoms with Crippen molar-refractivity contribution in [3.05, 3.63) is 83.3 Å². The highest BCUT2D eigenvalue weighted by Crippen LogP contribution is 2.12. The number of nitrogens with one attached hydrogen (secondary N) is 1. The molecular weight excluding hydrogens is 305 g/mol. The molecule has 0 aliphatic heterocycles. The Labute approximate surface area is 138 Å². The SMILES string of the molecule is N#CC(C#N)=CNc1ccc(C(=O)C=Cc2ccc(F)cc2)cc1. The number of rotatable bonds is 5. The third-order valence-electron chi connectivity index (χ3n) is 3.09. The monoisotopic (exact) mass is 317 g/mol. The molecule has 0 aromatic heterocycles. The van der Waals surface area contributed by atoms with Crippen molar-refractivity contribution in [1.29, 1.82) is 10.5 Å². The third kappa shape index (κ3) is 4.66. The van der Waals surface area contributed by atoms with Crippen LogP contribution in [0.2, 0.25) is 0 Å². The van der Waals surface area contributed by atoms with Crippen molar-refractivity contribution in [3.8, 4) is 12.1 Å². The molecule has 4 nitrogen and oxygen atoms in total. The maximum atomic E-state index is 12.8. The first-order valence-corrected chi connectivity index (χ1v) is 6.97. The summed E-state index contributed by atoms with van der Waals surface area (Å²) in [5.74, 6) is -0.511. The smallest absolute Gasteiger partial charge is 0.185 e. The van der Waals surface area contributed by atoms with Gasteiger partial charge in [-0.25, -0.2) is 4.39 Å². The largest absolute Gasteiger partial charge is 0.360 e. The Bertz CT molecular complexity index is 851. The van der Waals surface area contributed by atoms with Crippen LogP contribution in [0.1, 0.15) is 15.9 Å². The molecule has 0 bridgehead atoms.